The Bertz CT molecular complexity index is 407. The summed E-state index contributed by atoms with van der Waals surface area (Å²) in [6.07, 6.45) is 3.51. The van der Waals surface area contributed by atoms with E-state index in [1.165, 1.54) is 0 Å². The van der Waals surface area contributed by atoms with E-state index in [0.717, 1.165) is 25.8 Å². The molecule has 0 saturated heterocycles. The normalized spacial score (nSPS) is 28.6. The average molecular weight is 251 g/mol. The van der Waals surface area contributed by atoms with Crippen molar-refractivity contribution in [2.45, 2.75) is 31.4 Å². The Kier molecular flexibility index (Phi) is 3.91. The minimum absolute atomic E-state index is 0.0167. The summed E-state index contributed by atoms with van der Waals surface area (Å²) < 4.78 is 15.4. The molecule has 3 heteroatoms. The number of aromatic hydroxyl groups is 1. The summed E-state index contributed by atoms with van der Waals surface area (Å²) in [7, 11) is 3.97. The van der Waals surface area contributed by atoms with Gasteiger partial charge in [0.05, 0.1) is 0 Å². The first-order chi connectivity index (χ1) is 8.52. The molecule has 2 atom stereocenters. The highest BCUT2D eigenvalue weighted by Gasteiger charge is 2.42. The van der Waals surface area contributed by atoms with E-state index >= 15 is 4.39 Å². The van der Waals surface area contributed by atoms with E-state index in [2.05, 4.69) is 0 Å². The van der Waals surface area contributed by atoms with Gasteiger partial charge in [-0.05, 0) is 51.1 Å². The van der Waals surface area contributed by atoms with Crippen molar-refractivity contribution in [3.8, 4) is 5.75 Å². The van der Waals surface area contributed by atoms with Crippen LogP contribution < -0.4 is 0 Å². The molecule has 18 heavy (non-hydrogen) atoms. The summed E-state index contributed by atoms with van der Waals surface area (Å²) in [6.45, 7) is 0.756. The molecule has 0 unspecified atom stereocenters. The number of hydrogen-bond donors (Lipinski definition) is 1. The van der Waals surface area contributed by atoms with E-state index in [1.54, 1.807) is 24.3 Å². The molecule has 0 heterocycles. The highest BCUT2D eigenvalue weighted by molar-refractivity contribution is 5.32. The predicted octanol–water partition coefficient (Wildman–Crippen LogP) is 3.31. The lowest BCUT2D eigenvalue weighted by molar-refractivity contribution is 0.0199. The summed E-state index contributed by atoms with van der Waals surface area (Å²) in [5, 5.41) is 9.55. The number of phenolic OH excluding ortho intramolecular Hbond substituents is 1. The summed E-state index contributed by atoms with van der Waals surface area (Å²) in [5.74, 6) is 0.168. The number of nitrogens with zero attached hydrogens (tertiary/aromatic N) is 1. The van der Waals surface area contributed by atoms with E-state index in [9.17, 15) is 5.11 Å². The van der Waals surface area contributed by atoms with Crippen molar-refractivity contribution in [2.24, 2.45) is 5.92 Å². The molecule has 0 aliphatic heterocycles. The first-order valence-corrected chi connectivity index (χ1v) is 6.65. The third kappa shape index (κ3) is 2.66. The Balaban J connectivity index is 2.29. The van der Waals surface area contributed by atoms with Crippen LogP contribution in [0.25, 0.3) is 0 Å². The van der Waals surface area contributed by atoms with Crippen molar-refractivity contribution in [1.29, 1.82) is 0 Å². The third-order valence-electron chi connectivity index (χ3n) is 3.90. The maximum atomic E-state index is 15.4. The fourth-order valence-corrected chi connectivity index (χ4v) is 3.03. The van der Waals surface area contributed by atoms with Crippen molar-refractivity contribution in [2.75, 3.05) is 20.6 Å². The van der Waals surface area contributed by atoms with Gasteiger partial charge in [-0.25, -0.2) is 4.39 Å². The molecule has 0 spiro atoms. The van der Waals surface area contributed by atoms with Crippen LogP contribution in [-0.2, 0) is 5.67 Å². The topological polar surface area (TPSA) is 23.5 Å². The Labute approximate surface area is 108 Å². The number of halogens is 1. The van der Waals surface area contributed by atoms with Crippen LogP contribution in [0, 0.1) is 5.92 Å². The van der Waals surface area contributed by atoms with Crippen LogP contribution in [0.15, 0.2) is 24.3 Å². The van der Waals surface area contributed by atoms with Gasteiger partial charge in [-0.1, -0.05) is 18.6 Å². The Morgan fingerprint density at radius 2 is 2.17 bits per heavy atom. The quantitative estimate of drug-likeness (QED) is 0.891. The smallest absolute Gasteiger partial charge is 0.140 e. The monoisotopic (exact) mass is 251 g/mol. The molecule has 1 aromatic rings. The Morgan fingerprint density at radius 1 is 1.39 bits per heavy atom. The molecule has 0 amide bonds. The van der Waals surface area contributed by atoms with Crippen LogP contribution >= 0.6 is 0 Å². The van der Waals surface area contributed by atoms with Gasteiger partial charge >= 0.3 is 0 Å². The van der Waals surface area contributed by atoms with Gasteiger partial charge in [-0.3, -0.25) is 0 Å². The third-order valence-corrected chi connectivity index (χ3v) is 3.90. The van der Waals surface area contributed by atoms with Crippen LogP contribution in [0.5, 0.6) is 5.75 Å². The molecule has 1 aliphatic rings. The highest BCUT2D eigenvalue weighted by Crippen LogP contribution is 2.45. The van der Waals surface area contributed by atoms with Gasteiger partial charge in [0.15, 0.2) is 0 Å². The van der Waals surface area contributed by atoms with Crippen molar-refractivity contribution in [3.63, 3.8) is 0 Å². The molecule has 1 saturated carbocycles. The second kappa shape index (κ2) is 5.27. The fourth-order valence-electron chi connectivity index (χ4n) is 3.03. The maximum absolute atomic E-state index is 15.4. The fraction of sp³-hybridized carbons (Fsp3) is 0.600. The van der Waals surface area contributed by atoms with Crippen LogP contribution in [0.3, 0.4) is 0 Å². The summed E-state index contributed by atoms with van der Waals surface area (Å²) in [5.41, 5.74) is -0.657. The van der Waals surface area contributed by atoms with E-state index in [-0.39, 0.29) is 11.7 Å². The number of benzene rings is 1. The van der Waals surface area contributed by atoms with Crippen LogP contribution in [0.2, 0.25) is 0 Å². The zero-order valence-electron chi connectivity index (χ0n) is 11.2. The van der Waals surface area contributed by atoms with Gasteiger partial charge in [0.25, 0.3) is 0 Å². The molecule has 0 aromatic heterocycles. The lowest BCUT2D eigenvalue weighted by atomic mass is 9.72. The molecule has 1 aromatic carbocycles. The average Bonchev–Trinajstić information content (AvgIpc) is 2.32. The first kappa shape index (κ1) is 13.3. The number of hydrogen-bond acceptors (Lipinski definition) is 2. The summed E-state index contributed by atoms with van der Waals surface area (Å²) in [4.78, 5) is 2.05. The predicted molar refractivity (Wildman–Crippen MR) is 71.4 cm³/mol. The first-order valence-electron chi connectivity index (χ1n) is 6.65. The SMILES string of the molecule is CN(C)C[C@@H]1CCCC[C@@]1(F)c1cccc(O)c1. The van der Waals surface area contributed by atoms with E-state index in [0.29, 0.717) is 12.0 Å². The van der Waals surface area contributed by atoms with E-state index in [4.69, 9.17) is 0 Å². The van der Waals surface area contributed by atoms with Gasteiger partial charge in [-0.2, -0.15) is 0 Å². The zero-order valence-corrected chi connectivity index (χ0v) is 11.2. The lowest BCUT2D eigenvalue weighted by Gasteiger charge is -2.39. The van der Waals surface area contributed by atoms with E-state index < -0.39 is 5.67 Å². The van der Waals surface area contributed by atoms with Gasteiger partial charge in [0.1, 0.15) is 11.4 Å². The molecule has 1 fully saturated rings. The largest absolute Gasteiger partial charge is 0.508 e. The molecule has 1 aliphatic carbocycles. The standard InChI is InChI=1S/C15H22FNO/c1-17(2)11-13-6-3-4-9-15(13,16)12-7-5-8-14(18)10-12/h5,7-8,10,13,18H,3-4,6,9,11H2,1-2H3/t13-,15+/m0/s1. The second-order valence-electron chi connectivity index (χ2n) is 5.62. The molecule has 100 valence electrons. The molecular weight excluding hydrogens is 229 g/mol. The minimum atomic E-state index is -1.29. The molecule has 0 bridgehead atoms. The molecule has 0 radical (unpaired) electrons. The van der Waals surface area contributed by atoms with Crippen molar-refractivity contribution in [3.05, 3.63) is 29.8 Å². The van der Waals surface area contributed by atoms with Crippen molar-refractivity contribution >= 4 is 0 Å². The van der Waals surface area contributed by atoms with Crippen LogP contribution in [-0.4, -0.2) is 30.6 Å². The van der Waals surface area contributed by atoms with Crippen LogP contribution in [0.4, 0.5) is 4.39 Å². The highest BCUT2D eigenvalue weighted by atomic mass is 19.1. The Morgan fingerprint density at radius 3 is 2.83 bits per heavy atom. The van der Waals surface area contributed by atoms with Crippen molar-refractivity contribution in [1.82, 2.24) is 4.90 Å². The van der Waals surface area contributed by atoms with Gasteiger partial charge in [0.2, 0.25) is 0 Å². The maximum Gasteiger partial charge on any atom is 0.140 e. The van der Waals surface area contributed by atoms with Gasteiger partial charge in [0, 0.05) is 12.5 Å². The molecular formula is C15H22FNO. The summed E-state index contributed by atoms with van der Waals surface area (Å²) in [6, 6.07) is 6.70. The number of phenols is 1. The van der Waals surface area contributed by atoms with Gasteiger partial charge in [-0.15, -0.1) is 0 Å². The summed E-state index contributed by atoms with van der Waals surface area (Å²) >= 11 is 0. The molecule has 2 nitrogen and oxygen atoms in total. The van der Waals surface area contributed by atoms with Crippen LogP contribution in [0.1, 0.15) is 31.2 Å². The number of alkyl halides is 1. The second-order valence-corrected chi connectivity index (χ2v) is 5.62. The lowest BCUT2D eigenvalue weighted by Crippen LogP contribution is -2.39. The Hall–Kier alpha value is -1.09. The van der Waals surface area contributed by atoms with E-state index in [1.807, 2.05) is 19.0 Å². The van der Waals surface area contributed by atoms with Crippen molar-refractivity contribution < 1.29 is 9.50 Å². The molecule has 1 N–H and O–H groups in total. The zero-order chi connectivity index (χ0) is 13.2. The minimum Gasteiger partial charge on any atom is -0.508 e. The molecule has 2 rings (SSSR count). The number of rotatable bonds is 3. The van der Waals surface area contributed by atoms with Gasteiger partial charge < -0.3 is 10.0 Å².